The fourth-order valence-electron chi connectivity index (χ4n) is 3.66. The quantitative estimate of drug-likeness (QED) is 0.189. The standard InChI is InChI=1S/C28H42N2O/c1-3-5-7-9-11-13-15-17-25-23-29-28(30-24-25)26-18-20-27(21-19-26)31-22-16-14-12-10-8-6-4-2/h16,18-24H,3-15,17H2,1-2H3/b22-16+. The highest BCUT2D eigenvalue weighted by molar-refractivity contribution is 5.55. The van der Waals surface area contributed by atoms with Crippen LogP contribution in [0.4, 0.5) is 0 Å². The number of nitrogens with zero attached hydrogens (tertiary/aromatic N) is 2. The van der Waals surface area contributed by atoms with Gasteiger partial charge in [-0.3, -0.25) is 0 Å². The second kappa shape index (κ2) is 16.5. The molecule has 0 spiro atoms. The number of hydrogen-bond acceptors (Lipinski definition) is 3. The lowest BCUT2D eigenvalue weighted by molar-refractivity contribution is 0.477. The van der Waals surface area contributed by atoms with Crippen molar-refractivity contribution in [2.24, 2.45) is 0 Å². The van der Waals surface area contributed by atoms with Crippen LogP contribution in [0.2, 0.25) is 0 Å². The van der Waals surface area contributed by atoms with Crippen molar-refractivity contribution in [1.29, 1.82) is 0 Å². The van der Waals surface area contributed by atoms with Crippen molar-refractivity contribution >= 4 is 0 Å². The Labute approximate surface area is 190 Å². The number of hydrogen-bond donors (Lipinski definition) is 0. The van der Waals surface area contributed by atoms with Crippen LogP contribution in [0.15, 0.2) is 49.0 Å². The zero-order valence-corrected chi connectivity index (χ0v) is 19.8. The SMILES string of the molecule is CCCCCCC/C=C/Oc1ccc(-c2ncc(CCCCCCCCC)cn2)cc1. The highest BCUT2D eigenvalue weighted by Gasteiger charge is 2.03. The maximum atomic E-state index is 5.71. The lowest BCUT2D eigenvalue weighted by atomic mass is 10.1. The van der Waals surface area contributed by atoms with Gasteiger partial charge in [-0.2, -0.15) is 0 Å². The van der Waals surface area contributed by atoms with Crippen LogP contribution in [-0.4, -0.2) is 9.97 Å². The number of ether oxygens (including phenoxy) is 1. The summed E-state index contributed by atoms with van der Waals surface area (Å²) in [5.41, 5.74) is 2.26. The van der Waals surface area contributed by atoms with Crippen LogP contribution < -0.4 is 4.74 Å². The van der Waals surface area contributed by atoms with Crippen molar-refractivity contribution in [3.05, 3.63) is 54.6 Å². The first kappa shape index (κ1) is 25.1. The monoisotopic (exact) mass is 422 g/mol. The van der Waals surface area contributed by atoms with Crippen LogP contribution in [0.5, 0.6) is 5.75 Å². The number of unbranched alkanes of at least 4 members (excludes halogenated alkanes) is 11. The average molecular weight is 423 g/mol. The Kier molecular flexibility index (Phi) is 13.4. The van der Waals surface area contributed by atoms with Crippen LogP contribution >= 0.6 is 0 Å². The van der Waals surface area contributed by atoms with Crippen LogP contribution in [-0.2, 0) is 6.42 Å². The van der Waals surface area contributed by atoms with Crippen LogP contribution in [0, 0.1) is 0 Å². The van der Waals surface area contributed by atoms with Gasteiger partial charge in [-0.05, 0) is 61.6 Å². The minimum Gasteiger partial charge on any atom is -0.465 e. The Hall–Kier alpha value is -2.16. The van der Waals surface area contributed by atoms with Crippen molar-refractivity contribution in [3.8, 4) is 17.1 Å². The third kappa shape index (κ3) is 11.1. The minimum atomic E-state index is 0.775. The molecule has 170 valence electrons. The van der Waals surface area contributed by atoms with Gasteiger partial charge in [0.05, 0.1) is 6.26 Å². The van der Waals surface area contributed by atoms with E-state index in [1.807, 2.05) is 42.9 Å². The van der Waals surface area contributed by atoms with Crippen LogP contribution in [0.1, 0.15) is 103 Å². The van der Waals surface area contributed by atoms with Gasteiger partial charge in [-0.1, -0.05) is 78.1 Å². The normalized spacial score (nSPS) is 11.3. The van der Waals surface area contributed by atoms with Crippen LogP contribution in [0.3, 0.4) is 0 Å². The van der Waals surface area contributed by atoms with Gasteiger partial charge < -0.3 is 4.74 Å². The van der Waals surface area contributed by atoms with E-state index in [0.29, 0.717) is 0 Å². The third-order valence-corrected chi connectivity index (χ3v) is 5.66. The molecule has 0 bridgehead atoms. The van der Waals surface area contributed by atoms with Crippen molar-refractivity contribution in [3.63, 3.8) is 0 Å². The highest BCUT2D eigenvalue weighted by Crippen LogP contribution is 2.20. The Morgan fingerprint density at radius 1 is 0.710 bits per heavy atom. The highest BCUT2D eigenvalue weighted by atomic mass is 16.5. The first-order valence-electron chi connectivity index (χ1n) is 12.6. The molecule has 0 amide bonds. The molecule has 1 aromatic heterocycles. The molecule has 2 rings (SSSR count). The van der Waals surface area contributed by atoms with Crippen molar-refractivity contribution in [1.82, 2.24) is 9.97 Å². The fourth-order valence-corrected chi connectivity index (χ4v) is 3.66. The van der Waals surface area contributed by atoms with Crippen molar-refractivity contribution < 1.29 is 4.74 Å². The van der Waals surface area contributed by atoms with Gasteiger partial charge in [-0.15, -0.1) is 0 Å². The number of benzene rings is 1. The summed E-state index contributed by atoms with van der Waals surface area (Å²) in [7, 11) is 0. The largest absolute Gasteiger partial charge is 0.465 e. The minimum absolute atomic E-state index is 0.775. The van der Waals surface area contributed by atoms with Gasteiger partial charge >= 0.3 is 0 Å². The summed E-state index contributed by atoms with van der Waals surface area (Å²) < 4.78 is 5.71. The van der Waals surface area contributed by atoms with E-state index in [2.05, 4.69) is 29.9 Å². The van der Waals surface area contributed by atoms with Gasteiger partial charge in [0.2, 0.25) is 0 Å². The van der Waals surface area contributed by atoms with E-state index < -0.39 is 0 Å². The summed E-state index contributed by atoms with van der Waals surface area (Å²) in [6.07, 6.45) is 25.9. The topological polar surface area (TPSA) is 35.0 Å². The van der Waals surface area contributed by atoms with E-state index >= 15 is 0 Å². The molecule has 3 heteroatoms. The summed E-state index contributed by atoms with van der Waals surface area (Å²) in [6.45, 7) is 4.51. The zero-order valence-electron chi connectivity index (χ0n) is 19.8. The number of rotatable bonds is 17. The van der Waals surface area contributed by atoms with E-state index in [-0.39, 0.29) is 0 Å². The van der Waals surface area contributed by atoms with Crippen molar-refractivity contribution in [2.45, 2.75) is 104 Å². The second-order valence-electron chi connectivity index (χ2n) is 8.50. The zero-order chi connectivity index (χ0) is 22.0. The molecular formula is C28H42N2O. The molecule has 0 fully saturated rings. The molecule has 0 aliphatic heterocycles. The molecular weight excluding hydrogens is 380 g/mol. The Morgan fingerprint density at radius 3 is 1.94 bits per heavy atom. The maximum Gasteiger partial charge on any atom is 0.159 e. The smallest absolute Gasteiger partial charge is 0.159 e. The van der Waals surface area contributed by atoms with E-state index in [0.717, 1.165) is 30.0 Å². The first-order valence-corrected chi connectivity index (χ1v) is 12.6. The molecule has 0 atom stereocenters. The van der Waals surface area contributed by atoms with Gasteiger partial charge in [0.1, 0.15) is 5.75 Å². The molecule has 2 aromatic rings. The van der Waals surface area contributed by atoms with Crippen LogP contribution in [0.25, 0.3) is 11.4 Å². The molecule has 1 heterocycles. The first-order chi connectivity index (χ1) is 15.3. The average Bonchev–Trinajstić information content (AvgIpc) is 2.81. The summed E-state index contributed by atoms with van der Waals surface area (Å²) in [4.78, 5) is 9.14. The number of aryl methyl sites for hydroxylation is 1. The summed E-state index contributed by atoms with van der Waals surface area (Å²) >= 11 is 0. The Balaban J connectivity index is 1.67. The van der Waals surface area contributed by atoms with E-state index in [4.69, 9.17) is 4.74 Å². The predicted octanol–water partition coefficient (Wildman–Crippen LogP) is 8.69. The second-order valence-corrected chi connectivity index (χ2v) is 8.50. The van der Waals surface area contributed by atoms with Gasteiger partial charge in [-0.25, -0.2) is 9.97 Å². The Bertz CT molecular complexity index is 707. The molecule has 1 aromatic carbocycles. The summed E-state index contributed by atoms with van der Waals surface area (Å²) in [5.74, 6) is 1.62. The molecule has 3 nitrogen and oxygen atoms in total. The molecule has 0 saturated heterocycles. The molecule has 0 N–H and O–H groups in total. The molecule has 0 aliphatic rings. The number of allylic oxidation sites excluding steroid dienone is 1. The maximum absolute atomic E-state index is 5.71. The van der Waals surface area contributed by atoms with Gasteiger partial charge in [0.15, 0.2) is 5.82 Å². The molecule has 0 radical (unpaired) electrons. The lowest BCUT2D eigenvalue weighted by Crippen LogP contribution is -1.93. The third-order valence-electron chi connectivity index (χ3n) is 5.66. The molecule has 0 unspecified atom stereocenters. The molecule has 31 heavy (non-hydrogen) atoms. The molecule has 0 aliphatic carbocycles. The van der Waals surface area contributed by atoms with Gasteiger partial charge in [0, 0.05) is 18.0 Å². The fraction of sp³-hybridized carbons (Fsp3) is 0.571. The van der Waals surface area contributed by atoms with E-state index in [1.165, 1.54) is 82.6 Å². The van der Waals surface area contributed by atoms with Crippen molar-refractivity contribution in [2.75, 3.05) is 0 Å². The lowest BCUT2D eigenvalue weighted by Gasteiger charge is -2.05. The summed E-state index contributed by atoms with van der Waals surface area (Å²) in [6, 6.07) is 8.02. The Morgan fingerprint density at radius 2 is 1.29 bits per heavy atom. The molecule has 0 saturated carbocycles. The predicted molar refractivity (Wildman–Crippen MR) is 132 cm³/mol. The summed E-state index contributed by atoms with van der Waals surface area (Å²) in [5, 5.41) is 0. The van der Waals surface area contributed by atoms with E-state index in [9.17, 15) is 0 Å². The van der Waals surface area contributed by atoms with Gasteiger partial charge in [0.25, 0.3) is 0 Å². The number of aromatic nitrogens is 2. The van der Waals surface area contributed by atoms with E-state index in [1.54, 1.807) is 0 Å².